The van der Waals surface area contributed by atoms with Crippen LogP contribution in [0.5, 0.6) is 0 Å². The van der Waals surface area contributed by atoms with Crippen LogP contribution in [0.2, 0.25) is 0 Å². The Kier molecular flexibility index (Phi) is 4.52. The van der Waals surface area contributed by atoms with Crippen LogP contribution in [0.1, 0.15) is 11.3 Å². The summed E-state index contributed by atoms with van der Waals surface area (Å²) in [7, 11) is 0. The first kappa shape index (κ1) is 20.2. The molecule has 0 amide bonds. The van der Waals surface area contributed by atoms with Gasteiger partial charge in [-0.2, -0.15) is 18.3 Å². The third-order valence-electron chi connectivity index (χ3n) is 5.51. The molecule has 5 aromatic rings. The molecular weight excluding hydrogens is 424 g/mol. The number of aromatic nitrogens is 4. The molecule has 0 bridgehead atoms. The smallest absolute Gasteiger partial charge is 0.376 e. The summed E-state index contributed by atoms with van der Waals surface area (Å²) >= 11 is 0. The maximum absolute atomic E-state index is 14.1. The maximum atomic E-state index is 14.1. The standard InChI is InChI=1S/C23H16F4N4O/c24-17-2-4-19(5-3-17)31-21-6-1-16(9-15(21)13-29-31)22(32,23(25,26)27)11-18-10-14-12-28-8-7-20(14)30-18/h1-10,12-13,30,32H,11H2. The Balaban J connectivity index is 1.57. The molecule has 32 heavy (non-hydrogen) atoms. The average Bonchev–Trinajstić information content (AvgIpc) is 3.36. The van der Waals surface area contributed by atoms with Crippen LogP contribution in [-0.4, -0.2) is 31.0 Å². The third-order valence-corrected chi connectivity index (χ3v) is 5.51. The number of hydrogen-bond acceptors (Lipinski definition) is 3. The van der Waals surface area contributed by atoms with Gasteiger partial charge in [0.15, 0.2) is 5.60 Å². The van der Waals surface area contributed by atoms with E-state index in [4.69, 9.17) is 0 Å². The van der Waals surface area contributed by atoms with E-state index >= 15 is 0 Å². The van der Waals surface area contributed by atoms with E-state index in [1.807, 2.05) is 0 Å². The molecule has 3 aromatic heterocycles. The molecule has 0 aliphatic heterocycles. The van der Waals surface area contributed by atoms with E-state index in [2.05, 4.69) is 15.1 Å². The monoisotopic (exact) mass is 440 g/mol. The van der Waals surface area contributed by atoms with Crippen LogP contribution in [0.15, 0.2) is 73.2 Å². The molecule has 162 valence electrons. The number of halogens is 4. The van der Waals surface area contributed by atoms with Crippen molar-refractivity contribution < 1.29 is 22.7 Å². The van der Waals surface area contributed by atoms with Crippen molar-refractivity contribution in [1.29, 1.82) is 0 Å². The molecule has 1 unspecified atom stereocenters. The van der Waals surface area contributed by atoms with E-state index in [0.29, 0.717) is 27.5 Å². The van der Waals surface area contributed by atoms with E-state index < -0.39 is 24.0 Å². The fraction of sp³-hybridized carbons (Fsp3) is 0.130. The molecule has 0 aliphatic rings. The first-order valence-electron chi connectivity index (χ1n) is 9.69. The van der Waals surface area contributed by atoms with Crippen LogP contribution in [0, 0.1) is 5.82 Å². The van der Waals surface area contributed by atoms with Crippen LogP contribution in [0.25, 0.3) is 27.5 Å². The summed E-state index contributed by atoms with van der Waals surface area (Å²) in [5, 5.41) is 16.2. The van der Waals surface area contributed by atoms with Crippen molar-refractivity contribution in [2.24, 2.45) is 0 Å². The summed E-state index contributed by atoms with van der Waals surface area (Å²) < 4.78 is 57.0. The van der Waals surface area contributed by atoms with Crippen molar-refractivity contribution in [2.75, 3.05) is 0 Å². The number of aliphatic hydroxyl groups is 1. The predicted octanol–water partition coefficient (Wildman–Crippen LogP) is 5.03. The van der Waals surface area contributed by atoms with Crippen molar-refractivity contribution in [3.05, 3.63) is 90.3 Å². The molecule has 5 rings (SSSR count). The number of fused-ring (bicyclic) bond motifs is 2. The van der Waals surface area contributed by atoms with Gasteiger partial charge in [-0.25, -0.2) is 9.07 Å². The molecule has 0 saturated carbocycles. The molecule has 3 heterocycles. The number of aromatic amines is 1. The van der Waals surface area contributed by atoms with E-state index in [9.17, 15) is 22.7 Å². The van der Waals surface area contributed by atoms with Gasteiger partial charge in [-0.1, -0.05) is 6.07 Å². The number of rotatable bonds is 4. The molecule has 0 fully saturated rings. The predicted molar refractivity (Wildman–Crippen MR) is 111 cm³/mol. The van der Waals surface area contributed by atoms with Crippen LogP contribution in [0.3, 0.4) is 0 Å². The second kappa shape index (κ2) is 7.16. The highest BCUT2D eigenvalue weighted by Crippen LogP contribution is 2.42. The highest BCUT2D eigenvalue weighted by Gasteiger charge is 2.55. The second-order valence-electron chi connectivity index (χ2n) is 7.60. The van der Waals surface area contributed by atoms with Gasteiger partial charge >= 0.3 is 6.18 Å². The van der Waals surface area contributed by atoms with E-state index in [1.54, 1.807) is 12.1 Å². The number of benzene rings is 2. The van der Waals surface area contributed by atoms with Crippen LogP contribution in [0.4, 0.5) is 17.6 Å². The minimum absolute atomic E-state index is 0.231. The number of nitrogens with zero attached hydrogens (tertiary/aromatic N) is 3. The Labute approximate surface area is 178 Å². The average molecular weight is 440 g/mol. The largest absolute Gasteiger partial charge is 0.421 e. The number of nitrogens with one attached hydrogen (secondary N) is 1. The lowest BCUT2D eigenvalue weighted by Gasteiger charge is -2.30. The van der Waals surface area contributed by atoms with Crippen molar-refractivity contribution in [1.82, 2.24) is 19.7 Å². The first-order valence-corrected chi connectivity index (χ1v) is 9.69. The zero-order valence-corrected chi connectivity index (χ0v) is 16.4. The lowest BCUT2D eigenvalue weighted by Crippen LogP contribution is -2.44. The molecule has 5 nitrogen and oxygen atoms in total. The molecule has 0 saturated heterocycles. The number of H-pyrrole nitrogens is 1. The summed E-state index contributed by atoms with van der Waals surface area (Å²) in [6.07, 6.45) is -1.14. The fourth-order valence-electron chi connectivity index (χ4n) is 3.85. The Morgan fingerprint density at radius 2 is 1.72 bits per heavy atom. The Hall–Kier alpha value is -3.72. The van der Waals surface area contributed by atoms with Crippen LogP contribution >= 0.6 is 0 Å². The third kappa shape index (κ3) is 3.31. The molecule has 0 radical (unpaired) electrons. The molecule has 2 N–H and O–H groups in total. The summed E-state index contributed by atoms with van der Waals surface area (Å²) in [4.78, 5) is 6.87. The summed E-state index contributed by atoms with van der Waals surface area (Å²) in [6, 6.07) is 12.8. The van der Waals surface area contributed by atoms with Crippen molar-refractivity contribution >= 4 is 21.8 Å². The minimum Gasteiger partial charge on any atom is -0.376 e. The van der Waals surface area contributed by atoms with Crippen molar-refractivity contribution in [3.63, 3.8) is 0 Å². The summed E-state index contributed by atoms with van der Waals surface area (Å²) in [6.45, 7) is 0. The van der Waals surface area contributed by atoms with Gasteiger partial charge in [0.1, 0.15) is 5.82 Å². The lowest BCUT2D eigenvalue weighted by atomic mass is 9.87. The lowest BCUT2D eigenvalue weighted by molar-refractivity contribution is -0.266. The highest BCUT2D eigenvalue weighted by molar-refractivity contribution is 5.81. The number of hydrogen-bond donors (Lipinski definition) is 2. The van der Waals surface area contributed by atoms with Crippen molar-refractivity contribution in [2.45, 2.75) is 18.2 Å². The van der Waals surface area contributed by atoms with E-state index in [1.165, 1.54) is 65.7 Å². The molecule has 0 spiro atoms. The van der Waals surface area contributed by atoms with Gasteiger partial charge in [0.2, 0.25) is 0 Å². The zero-order chi connectivity index (χ0) is 22.5. The van der Waals surface area contributed by atoms with E-state index in [-0.39, 0.29) is 11.3 Å². The highest BCUT2D eigenvalue weighted by atomic mass is 19.4. The maximum Gasteiger partial charge on any atom is 0.421 e. The number of alkyl halides is 3. The Bertz CT molecular complexity index is 1390. The number of pyridine rings is 1. The van der Waals surface area contributed by atoms with Crippen LogP contribution < -0.4 is 0 Å². The Morgan fingerprint density at radius 1 is 0.938 bits per heavy atom. The SMILES string of the molecule is OC(Cc1cc2cnccc2[nH]1)(c1ccc2c(cnn2-c2ccc(F)cc2)c1)C(F)(F)F. The molecule has 9 heteroatoms. The van der Waals surface area contributed by atoms with Crippen molar-refractivity contribution in [3.8, 4) is 5.69 Å². The first-order chi connectivity index (χ1) is 15.2. The van der Waals surface area contributed by atoms with Crippen LogP contribution in [-0.2, 0) is 12.0 Å². The quantitative estimate of drug-likeness (QED) is 0.385. The molecule has 1 atom stereocenters. The second-order valence-corrected chi connectivity index (χ2v) is 7.60. The van der Waals surface area contributed by atoms with Gasteiger partial charge in [-0.3, -0.25) is 4.98 Å². The Morgan fingerprint density at radius 3 is 2.44 bits per heavy atom. The van der Waals surface area contributed by atoms with Gasteiger partial charge < -0.3 is 10.1 Å². The van der Waals surface area contributed by atoms with E-state index in [0.717, 1.165) is 0 Å². The normalized spacial score (nSPS) is 14.2. The van der Waals surface area contributed by atoms with Gasteiger partial charge in [-0.15, -0.1) is 0 Å². The van der Waals surface area contributed by atoms with Gasteiger partial charge in [-0.05, 0) is 54.1 Å². The minimum atomic E-state index is -4.93. The molecule has 0 aliphatic carbocycles. The topological polar surface area (TPSA) is 66.7 Å². The van der Waals surface area contributed by atoms with Gasteiger partial charge in [0, 0.05) is 40.8 Å². The zero-order valence-electron chi connectivity index (χ0n) is 16.4. The molecule has 2 aromatic carbocycles. The van der Waals surface area contributed by atoms with Gasteiger partial charge in [0.05, 0.1) is 17.4 Å². The van der Waals surface area contributed by atoms with Gasteiger partial charge in [0.25, 0.3) is 0 Å². The molecular formula is C23H16F4N4O. The fourth-order valence-corrected chi connectivity index (χ4v) is 3.85. The summed E-state index contributed by atoms with van der Waals surface area (Å²) in [5.41, 5.74) is -1.46. The summed E-state index contributed by atoms with van der Waals surface area (Å²) in [5.74, 6) is -0.407.